The maximum atomic E-state index is 8.59. The number of pyridine rings is 1. The highest BCUT2D eigenvalue weighted by molar-refractivity contribution is 5.93. The fourth-order valence-electron chi connectivity index (χ4n) is 2.78. The molecule has 0 bridgehead atoms. The van der Waals surface area contributed by atoms with Crippen molar-refractivity contribution >= 4 is 10.8 Å². The number of hydrogen-bond donors (Lipinski definition) is 0. The molecule has 0 amide bonds. The molecule has 0 fully saturated rings. The van der Waals surface area contributed by atoms with E-state index in [4.69, 9.17) is 15.0 Å². The lowest BCUT2D eigenvalue weighted by molar-refractivity contribution is 0.305. The van der Waals surface area contributed by atoms with Crippen molar-refractivity contribution in [3.63, 3.8) is 0 Å². The van der Waals surface area contributed by atoms with Crippen LogP contribution in [0.5, 0.6) is 11.5 Å². The third-order valence-electron chi connectivity index (χ3n) is 4.03. The normalized spacial score (nSPS) is 10.3. The number of benzene rings is 2. The highest BCUT2D eigenvalue weighted by atomic mass is 16.5. The van der Waals surface area contributed by atoms with Gasteiger partial charge in [0.15, 0.2) is 0 Å². The molecule has 0 saturated carbocycles. The van der Waals surface area contributed by atoms with Crippen LogP contribution in [-0.2, 0) is 13.2 Å². The molecule has 0 N–H and O–H groups in total. The fraction of sp³-hybridized carbons (Fsp3) is 0.211. The molecular formula is C19H18N4O2. The average Bonchev–Trinajstić information content (AvgIpc) is 2.66. The average molecular weight is 334 g/mol. The standard InChI is InChI=1S/C19H18N4O2/c1-13-18(24-2)10-16-15(8-9-21-17(16)11-22-23-20)19(13)25-12-14-6-4-3-5-7-14/h3-10H,11-12H2,1-2H3. The van der Waals surface area contributed by atoms with E-state index in [0.717, 1.165) is 27.6 Å². The molecule has 126 valence electrons. The first kappa shape index (κ1) is 16.6. The van der Waals surface area contributed by atoms with Crippen molar-refractivity contribution in [1.82, 2.24) is 4.98 Å². The van der Waals surface area contributed by atoms with Crippen LogP contribution in [0.15, 0.2) is 53.8 Å². The van der Waals surface area contributed by atoms with E-state index >= 15 is 0 Å². The second-order valence-corrected chi connectivity index (χ2v) is 5.55. The van der Waals surface area contributed by atoms with Crippen molar-refractivity contribution in [2.75, 3.05) is 7.11 Å². The molecule has 25 heavy (non-hydrogen) atoms. The molecule has 0 atom stereocenters. The first-order valence-electron chi connectivity index (χ1n) is 7.87. The van der Waals surface area contributed by atoms with Gasteiger partial charge in [0.1, 0.15) is 18.1 Å². The summed E-state index contributed by atoms with van der Waals surface area (Å²) in [5, 5.41) is 5.41. The van der Waals surface area contributed by atoms with Gasteiger partial charge < -0.3 is 9.47 Å². The summed E-state index contributed by atoms with van der Waals surface area (Å²) in [5.41, 5.74) is 11.3. The molecule has 6 heteroatoms. The number of aromatic nitrogens is 1. The van der Waals surface area contributed by atoms with Crippen LogP contribution in [-0.4, -0.2) is 12.1 Å². The van der Waals surface area contributed by atoms with Gasteiger partial charge in [-0.25, -0.2) is 0 Å². The van der Waals surface area contributed by atoms with Crippen LogP contribution in [0.25, 0.3) is 21.2 Å². The fourth-order valence-corrected chi connectivity index (χ4v) is 2.78. The van der Waals surface area contributed by atoms with E-state index < -0.39 is 0 Å². The topological polar surface area (TPSA) is 80.1 Å². The van der Waals surface area contributed by atoms with Gasteiger partial charge >= 0.3 is 0 Å². The lowest BCUT2D eigenvalue weighted by atomic mass is 10.0. The molecule has 1 aromatic heterocycles. The van der Waals surface area contributed by atoms with Gasteiger partial charge in [-0.05, 0) is 30.2 Å². The Balaban J connectivity index is 2.08. The first-order chi connectivity index (χ1) is 12.2. The van der Waals surface area contributed by atoms with Crippen LogP contribution in [0, 0.1) is 6.92 Å². The summed E-state index contributed by atoms with van der Waals surface area (Å²) in [6.07, 6.45) is 1.70. The lowest BCUT2D eigenvalue weighted by Crippen LogP contribution is -2.01. The Labute approximate surface area is 145 Å². The summed E-state index contributed by atoms with van der Waals surface area (Å²) in [6.45, 7) is 2.60. The Kier molecular flexibility index (Phi) is 5.02. The molecule has 0 aliphatic rings. The van der Waals surface area contributed by atoms with E-state index in [1.807, 2.05) is 49.4 Å². The monoisotopic (exact) mass is 334 g/mol. The smallest absolute Gasteiger partial charge is 0.134 e. The molecule has 0 unspecified atom stereocenters. The number of fused-ring (bicyclic) bond motifs is 1. The number of rotatable bonds is 6. The van der Waals surface area contributed by atoms with Gasteiger partial charge in [0.25, 0.3) is 0 Å². The van der Waals surface area contributed by atoms with Gasteiger partial charge in [-0.3, -0.25) is 4.98 Å². The van der Waals surface area contributed by atoms with Gasteiger partial charge in [0, 0.05) is 27.4 Å². The number of azide groups is 1. The van der Waals surface area contributed by atoms with E-state index in [2.05, 4.69) is 15.0 Å². The first-order valence-corrected chi connectivity index (χ1v) is 7.87. The number of methoxy groups -OCH3 is 1. The van der Waals surface area contributed by atoms with Crippen LogP contribution in [0.3, 0.4) is 0 Å². The third-order valence-corrected chi connectivity index (χ3v) is 4.03. The van der Waals surface area contributed by atoms with Crippen molar-refractivity contribution in [3.05, 3.63) is 75.9 Å². The quantitative estimate of drug-likeness (QED) is 0.364. The van der Waals surface area contributed by atoms with Crippen LogP contribution >= 0.6 is 0 Å². The molecule has 0 saturated heterocycles. The Morgan fingerprint density at radius 2 is 1.96 bits per heavy atom. The lowest BCUT2D eigenvalue weighted by Gasteiger charge is -2.16. The predicted molar refractivity (Wildman–Crippen MR) is 96.7 cm³/mol. The zero-order valence-electron chi connectivity index (χ0n) is 14.1. The van der Waals surface area contributed by atoms with Gasteiger partial charge in [0.05, 0.1) is 19.3 Å². The van der Waals surface area contributed by atoms with E-state index in [1.54, 1.807) is 13.3 Å². The second-order valence-electron chi connectivity index (χ2n) is 5.55. The molecule has 0 aliphatic carbocycles. The van der Waals surface area contributed by atoms with Crippen molar-refractivity contribution in [3.8, 4) is 11.5 Å². The SMILES string of the molecule is COc1cc2c(CN=[N+]=[N-])nccc2c(OCc2ccccc2)c1C. The largest absolute Gasteiger partial charge is 0.496 e. The van der Waals surface area contributed by atoms with Gasteiger partial charge in [0.2, 0.25) is 0 Å². The van der Waals surface area contributed by atoms with E-state index in [0.29, 0.717) is 18.1 Å². The summed E-state index contributed by atoms with van der Waals surface area (Å²) in [5.74, 6) is 1.47. The summed E-state index contributed by atoms with van der Waals surface area (Å²) in [7, 11) is 1.62. The minimum Gasteiger partial charge on any atom is -0.496 e. The van der Waals surface area contributed by atoms with E-state index in [1.165, 1.54) is 0 Å². The van der Waals surface area contributed by atoms with Gasteiger partial charge in [-0.15, -0.1) is 0 Å². The Hall–Kier alpha value is -3.24. The molecule has 3 aromatic rings. The Morgan fingerprint density at radius 3 is 2.68 bits per heavy atom. The number of ether oxygens (including phenoxy) is 2. The molecule has 2 aromatic carbocycles. The van der Waals surface area contributed by atoms with Crippen molar-refractivity contribution in [2.24, 2.45) is 5.11 Å². The summed E-state index contributed by atoms with van der Waals surface area (Å²) in [4.78, 5) is 7.15. The molecule has 3 rings (SSSR count). The van der Waals surface area contributed by atoms with Crippen LogP contribution in [0.2, 0.25) is 0 Å². The molecule has 0 spiro atoms. The highest BCUT2D eigenvalue weighted by Crippen LogP contribution is 2.37. The van der Waals surface area contributed by atoms with Crippen LogP contribution in [0.4, 0.5) is 0 Å². The molecule has 0 radical (unpaired) electrons. The maximum absolute atomic E-state index is 8.59. The summed E-state index contributed by atoms with van der Waals surface area (Å²) < 4.78 is 11.6. The number of hydrogen-bond acceptors (Lipinski definition) is 4. The van der Waals surface area contributed by atoms with E-state index in [9.17, 15) is 0 Å². The number of nitrogens with zero attached hydrogens (tertiary/aromatic N) is 4. The van der Waals surface area contributed by atoms with Gasteiger partial charge in [-0.2, -0.15) is 0 Å². The predicted octanol–water partition coefficient (Wildman–Crippen LogP) is 4.94. The maximum Gasteiger partial charge on any atom is 0.134 e. The van der Waals surface area contributed by atoms with Crippen molar-refractivity contribution in [1.29, 1.82) is 0 Å². The minimum absolute atomic E-state index is 0.179. The van der Waals surface area contributed by atoms with Gasteiger partial charge in [-0.1, -0.05) is 35.4 Å². The van der Waals surface area contributed by atoms with Crippen molar-refractivity contribution in [2.45, 2.75) is 20.1 Å². The second kappa shape index (κ2) is 7.55. The molecule has 1 heterocycles. The minimum atomic E-state index is 0.179. The van der Waals surface area contributed by atoms with E-state index in [-0.39, 0.29) is 6.54 Å². The summed E-state index contributed by atoms with van der Waals surface area (Å²) in [6, 6.07) is 13.8. The van der Waals surface area contributed by atoms with Crippen LogP contribution in [0.1, 0.15) is 16.8 Å². The van der Waals surface area contributed by atoms with Crippen LogP contribution < -0.4 is 9.47 Å². The molecule has 0 aliphatic heterocycles. The Morgan fingerprint density at radius 1 is 1.16 bits per heavy atom. The zero-order chi connectivity index (χ0) is 17.6. The third kappa shape index (κ3) is 3.49. The highest BCUT2D eigenvalue weighted by Gasteiger charge is 2.15. The molecular weight excluding hydrogens is 316 g/mol. The zero-order valence-corrected chi connectivity index (χ0v) is 14.1. The van der Waals surface area contributed by atoms with Crippen molar-refractivity contribution < 1.29 is 9.47 Å². The molecule has 6 nitrogen and oxygen atoms in total. The Bertz CT molecular complexity index is 935. The summed E-state index contributed by atoms with van der Waals surface area (Å²) >= 11 is 0.